The highest BCUT2D eigenvalue weighted by Crippen LogP contribution is 2.29. The van der Waals surface area contributed by atoms with Gasteiger partial charge in [-0.2, -0.15) is 5.26 Å². The van der Waals surface area contributed by atoms with E-state index in [1.165, 1.54) is 12.8 Å². The molecule has 1 saturated heterocycles. The largest absolute Gasteiger partial charge is 0.378 e. The Labute approximate surface area is 79.1 Å². The lowest BCUT2D eigenvalue weighted by Crippen LogP contribution is -2.51. The normalized spacial score (nSPS) is 39.8. The minimum Gasteiger partial charge on any atom is -0.378 e. The number of nitrogens with one attached hydrogen (secondary N) is 1. The monoisotopic (exact) mass is 180 g/mol. The number of rotatable bonds is 2. The fraction of sp³-hybridized carbons (Fsp3) is 0.900. The lowest BCUT2D eigenvalue weighted by molar-refractivity contribution is -0.00364. The Bertz CT molecular complexity index is 228. The fourth-order valence-electron chi connectivity index (χ4n) is 1.97. The van der Waals surface area contributed by atoms with Crippen molar-refractivity contribution >= 4 is 0 Å². The molecule has 0 radical (unpaired) electrons. The highest BCUT2D eigenvalue weighted by molar-refractivity contribution is 5.11. The summed E-state index contributed by atoms with van der Waals surface area (Å²) in [5.74, 6) is 0. The molecule has 0 aromatic carbocycles. The van der Waals surface area contributed by atoms with Crippen molar-refractivity contribution in [3.8, 4) is 6.07 Å². The van der Waals surface area contributed by atoms with Crippen molar-refractivity contribution in [1.82, 2.24) is 5.32 Å². The molecule has 1 heterocycles. The van der Waals surface area contributed by atoms with E-state index in [0.717, 1.165) is 12.8 Å². The standard InChI is InChI=1S/C10H16N2O/c1-8-6-10(7-11,4-5-13-8)12-9-2-3-9/h8-9,12H,2-6H2,1H3. The molecule has 0 bridgehead atoms. The van der Waals surface area contributed by atoms with Crippen LogP contribution in [0.5, 0.6) is 0 Å². The second-order valence-electron chi connectivity index (χ2n) is 4.25. The van der Waals surface area contributed by atoms with E-state index >= 15 is 0 Å². The molecule has 72 valence electrons. The Morgan fingerprint density at radius 1 is 1.54 bits per heavy atom. The lowest BCUT2D eigenvalue weighted by atomic mass is 9.88. The highest BCUT2D eigenvalue weighted by Gasteiger charge is 2.39. The third kappa shape index (κ3) is 2.01. The van der Waals surface area contributed by atoms with Crippen molar-refractivity contribution in [2.24, 2.45) is 0 Å². The average molecular weight is 180 g/mol. The first-order valence-electron chi connectivity index (χ1n) is 5.05. The summed E-state index contributed by atoms with van der Waals surface area (Å²) < 4.78 is 5.45. The highest BCUT2D eigenvalue weighted by atomic mass is 16.5. The van der Waals surface area contributed by atoms with Gasteiger partial charge in [-0.1, -0.05) is 0 Å². The molecule has 2 rings (SSSR count). The molecular formula is C10H16N2O. The van der Waals surface area contributed by atoms with Crippen LogP contribution in [0.2, 0.25) is 0 Å². The molecule has 1 aliphatic carbocycles. The van der Waals surface area contributed by atoms with Gasteiger partial charge < -0.3 is 4.74 Å². The van der Waals surface area contributed by atoms with Crippen LogP contribution >= 0.6 is 0 Å². The minimum absolute atomic E-state index is 0.222. The summed E-state index contributed by atoms with van der Waals surface area (Å²) in [6.07, 6.45) is 4.36. The zero-order chi connectivity index (χ0) is 9.31. The van der Waals surface area contributed by atoms with E-state index in [0.29, 0.717) is 12.6 Å². The zero-order valence-corrected chi connectivity index (χ0v) is 8.05. The van der Waals surface area contributed by atoms with Crippen LogP contribution in [0.4, 0.5) is 0 Å². The quantitative estimate of drug-likeness (QED) is 0.694. The van der Waals surface area contributed by atoms with E-state index in [4.69, 9.17) is 10.00 Å². The van der Waals surface area contributed by atoms with Crippen molar-refractivity contribution in [3.63, 3.8) is 0 Å². The first-order valence-corrected chi connectivity index (χ1v) is 5.05. The summed E-state index contributed by atoms with van der Waals surface area (Å²) >= 11 is 0. The Hall–Kier alpha value is -0.590. The summed E-state index contributed by atoms with van der Waals surface area (Å²) in [6.45, 7) is 2.76. The van der Waals surface area contributed by atoms with Gasteiger partial charge in [0.15, 0.2) is 0 Å². The van der Waals surface area contributed by atoms with E-state index in [1.54, 1.807) is 0 Å². The van der Waals surface area contributed by atoms with Crippen molar-refractivity contribution in [2.45, 2.75) is 50.3 Å². The van der Waals surface area contributed by atoms with Gasteiger partial charge in [-0.15, -0.1) is 0 Å². The van der Waals surface area contributed by atoms with Gasteiger partial charge in [0.1, 0.15) is 5.54 Å². The zero-order valence-electron chi connectivity index (χ0n) is 8.05. The molecule has 3 nitrogen and oxygen atoms in total. The van der Waals surface area contributed by atoms with E-state index in [2.05, 4.69) is 11.4 Å². The van der Waals surface area contributed by atoms with Crippen LogP contribution in [0.15, 0.2) is 0 Å². The van der Waals surface area contributed by atoms with Gasteiger partial charge >= 0.3 is 0 Å². The van der Waals surface area contributed by atoms with Crippen LogP contribution in [-0.4, -0.2) is 24.3 Å². The maximum Gasteiger partial charge on any atom is 0.111 e. The summed E-state index contributed by atoms with van der Waals surface area (Å²) in [5.41, 5.74) is -0.293. The Balaban J connectivity index is 2.00. The fourth-order valence-corrected chi connectivity index (χ4v) is 1.97. The summed E-state index contributed by atoms with van der Waals surface area (Å²) in [7, 11) is 0. The first-order chi connectivity index (χ1) is 6.24. The van der Waals surface area contributed by atoms with E-state index in [9.17, 15) is 0 Å². The van der Waals surface area contributed by atoms with Crippen molar-refractivity contribution < 1.29 is 4.74 Å². The molecule has 2 aliphatic rings. The van der Waals surface area contributed by atoms with Gasteiger partial charge in [-0.3, -0.25) is 5.32 Å². The predicted octanol–water partition coefficient (Wildman–Crippen LogP) is 1.20. The molecular weight excluding hydrogens is 164 g/mol. The molecule has 2 unspecified atom stereocenters. The Morgan fingerprint density at radius 3 is 2.85 bits per heavy atom. The van der Waals surface area contributed by atoms with E-state index in [1.807, 2.05) is 6.92 Å². The van der Waals surface area contributed by atoms with Crippen LogP contribution in [0.1, 0.15) is 32.6 Å². The molecule has 0 aromatic heterocycles. The SMILES string of the molecule is CC1CC(C#N)(NC2CC2)CCO1. The van der Waals surface area contributed by atoms with Gasteiger partial charge in [0, 0.05) is 25.5 Å². The van der Waals surface area contributed by atoms with Gasteiger partial charge in [-0.05, 0) is 19.8 Å². The average Bonchev–Trinajstić information content (AvgIpc) is 2.88. The van der Waals surface area contributed by atoms with Crippen molar-refractivity contribution in [3.05, 3.63) is 0 Å². The lowest BCUT2D eigenvalue weighted by Gasteiger charge is -2.35. The third-order valence-electron chi connectivity index (χ3n) is 2.84. The van der Waals surface area contributed by atoms with Gasteiger partial charge in [0.05, 0.1) is 12.2 Å². The number of hydrogen-bond donors (Lipinski definition) is 1. The van der Waals surface area contributed by atoms with Crippen molar-refractivity contribution in [1.29, 1.82) is 5.26 Å². The Morgan fingerprint density at radius 2 is 2.31 bits per heavy atom. The molecule has 1 aliphatic heterocycles. The summed E-state index contributed by atoms with van der Waals surface area (Å²) in [4.78, 5) is 0. The second-order valence-corrected chi connectivity index (χ2v) is 4.25. The molecule has 2 atom stereocenters. The molecule has 3 heteroatoms. The number of hydrogen-bond acceptors (Lipinski definition) is 3. The number of nitrogens with zero attached hydrogens (tertiary/aromatic N) is 1. The minimum atomic E-state index is -0.293. The van der Waals surface area contributed by atoms with Crippen LogP contribution < -0.4 is 5.32 Å². The molecule has 2 fully saturated rings. The maximum absolute atomic E-state index is 9.17. The van der Waals surface area contributed by atoms with Crippen LogP contribution in [0.25, 0.3) is 0 Å². The molecule has 0 aromatic rings. The topological polar surface area (TPSA) is 45.0 Å². The molecule has 1 saturated carbocycles. The second kappa shape index (κ2) is 3.28. The molecule has 1 N–H and O–H groups in total. The van der Waals surface area contributed by atoms with E-state index in [-0.39, 0.29) is 11.6 Å². The summed E-state index contributed by atoms with van der Waals surface area (Å²) in [6, 6.07) is 3.03. The molecule has 0 amide bonds. The molecule has 0 spiro atoms. The number of nitriles is 1. The third-order valence-corrected chi connectivity index (χ3v) is 2.84. The van der Waals surface area contributed by atoms with Gasteiger partial charge in [0.25, 0.3) is 0 Å². The van der Waals surface area contributed by atoms with Crippen molar-refractivity contribution in [2.75, 3.05) is 6.61 Å². The maximum atomic E-state index is 9.17. The smallest absolute Gasteiger partial charge is 0.111 e. The number of ether oxygens (including phenoxy) is 1. The van der Waals surface area contributed by atoms with Crippen LogP contribution in [0, 0.1) is 11.3 Å². The van der Waals surface area contributed by atoms with Crippen LogP contribution in [-0.2, 0) is 4.74 Å². The van der Waals surface area contributed by atoms with Crippen LogP contribution in [0.3, 0.4) is 0 Å². The predicted molar refractivity (Wildman–Crippen MR) is 49.1 cm³/mol. The summed E-state index contributed by atoms with van der Waals surface area (Å²) in [5, 5.41) is 12.6. The van der Waals surface area contributed by atoms with E-state index < -0.39 is 0 Å². The van der Waals surface area contributed by atoms with Gasteiger partial charge in [0.2, 0.25) is 0 Å². The van der Waals surface area contributed by atoms with Gasteiger partial charge in [-0.25, -0.2) is 0 Å². The molecule has 13 heavy (non-hydrogen) atoms. The first kappa shape index (κ1) is 8.98. The Kier molecular flexibility index (Phi) is 2.27.